The molecule has 0 saturated carbocycles. The highest BCUT2D eigenvalue weighted by molar-refractivity contribution is 6.83. The van der Waals surface area contributed by atoms with Crippen molar-refractivity contribution in [3.8, 4) is 0 Å². The first kappa shape index (κ1) is 10.2. The van der Waals surface area contributed by atoms with Crippen LogP contribution >= 0.6 is 0 Å². The van der Waals surface area contributed by atoms with Gasteiger partial charge < -0.3 is 4.74 Å². The molecule has 1 aliphatic carbocycles. The lowest BCUT2D eigenvalue weighted by Crippen LogP contribution is -2.29. The average Bonchev–Trinajstić information content (AvgIpc) is 2.47. The van der Waals surface area contributed by atoms with Crippen molar-refractivity contribution in [3.05, 3.63) is 22.4 Å². The predicted octanol–water partition coefficient (Wildman–Crippen LogP) is 3.16. The summed E-state index contributed by atoms with van der Waals surface area (Å²) >= 11 is 0. The lowest BCUT2D eigenvalue weighted by Gasteiger charge is -2.29. The van der Waals surface area contributed by atoms with E-state index in [4.69, 9.17) is 4.74 Å². The van der Waals surface area contributed by atoms with Crippen molar-refractivity contribution in [1.82, 2.24) is 0 Å². The van der Waals surface area contributed by atoms with E-state index in [1.165, 1.54) is 6.42 Å². The molecule has 2 rings (SSSR count). The molecule has 0 aromatic carbocycles. The van der Waals surface area contributed by atoms with Crippen molar-refractivity contribution in [2.45, 2.75) is 33.0 Å². The molecule has 1 fully saturated rings. The van der Waals surface area contributed by atoms with Gasteiger partial charge in [0.05, 0.1) is 21.3 Å². The molecule has 0 amide bonds. The van der Waals surface area contributed by atoms with Gasteiger partial charge in [0.1, 0.15) is 0 Å². The van der Waals surface area contributed by atoms with E-state index in [9.17, 15) is 0 Å². The molecular weight excluding hydrogens is 188 g/mol. The normalized spacial score (nSPS) is 27.7. The van der Waals surface area contributed by atoms with Gasteiger partial charge >= 0.3 is 0 Å². The van der Waals surface area contributed by atoms with Crippen molar-refractivity contribution in [3.63, 3.8) is 0 Å². The number of allylic oxidation sites excluding steroid dienone is 2. The van der Waals surface area contributed by atoms with E-state index < -0.39 is 8.07 Å². The SMILES string of the molecule is CC1=C[C@@H]2COCC2=C([Si](C)(C)C)C1. The van der Waals surface area contributed by atoms with Crippen LogP contribution in [0.1, 0.15) is 13.3 Å². The van der Waals surface area contributed by atoms with Crippen molar-refractivity contribution in [2.24, 2.45) is 5.92 Å². The number of fused-ring (bicyclic) bond motifs is 1. The number of hydrogen-bond acceptors (Lipinski definition) is 1. The van der Waals surface area contributed by atoms with Gasteiger partial charge in [-0.05, 0) is 18.9 Å². The van der Waals surface area contributed by atoms with E-state index in [1.54, 1.807) is 16.3 Å². The number of hydrogen-bond donors (Lipinski definition) is 0. The summed E-state index contributed by atoms with van der Waals surface area (Å²) in [4.78, 5) is 0. The Balaban J connectivity index is 2.38. The molecule has 1 nitrogen and oxygen atoms in total. The van der Waals surface area contributed by atoms with Crippen LogP contribution in [0.15, 0.2) is 22.4 Å². The molecule has 1 heterocycles. The summed E-state index contributed by atoms with van der Waals surface area (Å²) in [5, 5.41) is 1.75. The summed E-state index contributed by atoms with van der Waals surface area (Å²) in [5.74, 6) is 0.616. The standard InChI is InChI=1S/C12H20OSi/c1-9-5-10-7-13-8-11(10)12(6-9)14(2,3)4/h5,10H,6-8H2,1-4H3/t10-/m1/s1. The van der Waals surface area contributed by atoms with Gasteiger partial charge in [0.2, 0.25) is 0 Å². The second-order valence-electron chi connectivity index (χ2n) is 5.57. The van der Waals surface area contributed by atoms with Crippen LogP contribution in [0.5, 0.6) is 0 Å². The summed E-state index contributed by atoms with van der Waals surface area (Å²) in [5.41, 5.74) is 3.16. The molecule has 0 aromatic heterocycles. The van der Waals surface area contributed by atoms with Gasteiger partial charge in [0.15, 0.2) is 0 Å². The molecule has 1 saturated heterocycles. The first-order valence-electron chi connectivity index (χ1n) is 5.46. The largest absolute Gasteiger partial charge is 0.376 e. The second kappa shape index (κ2) is 3.35. The first-order chi connectivity index (χ1) is 6.48. The van der Waals surface area contributed by atoms with Gasteiger partial charge in [-0.2, -0.15) is 0 Å². The molecule has 1 atom stereocenters. The third kappa shape index (κ3) is 1.73. The highest BCUT2D eigenvalue weighted by atomic mass is 28.3. The number of rotatable bonds is 1. The van der Waals surface area contributed by atoms with E-state index in [0.717, 1.165) is 13.2 Å². The quantitative estimate of drug-likeness (QED) is 0.475. The van der Waals surface area contributed by atoms with E-state index in [-0.39, 0.29) is 0 Å². The maximum absolute atomic E-state index is 5.58. The maximum atomic E-state index is 5.58. The minimum atomic E-state index is -1.13. The average molecular weight is 208 g/mol. The molecule has 1 aliphatic heterocycles. The van der Waals surface area contributed by atoms with Crippen LogP contribution in [-0.2, 0) is 4.74 Å². The van der Waals surface area contributed by atoms with E-state index >= 15 is 0 Å². The first-order valence-corrected chi connectivity index (χ1v) is 8.96. The Hall–Kier alpha value is -0.343. The Morgan fingerprint density at radius 1 is 1.36 bits per heavy atom. The maximum Gasteiger partial charge on any atom is 0.0729 e. The van der Waals surface area contributed by atoms with E-state index in [2.05, 4.69) is 32.6 Å². The molecule has 0 bridgehead atoms. The minimum Gasteiger partial charge on any atom is -0.376 e. The Morgan fingerprint density at radius 2 is 2.07 bits per heavy atom. The topological polar surface area (TPSA) is 9.23 Å². The van der Waals surface area contributed by atoms with Crippen LogP contribution in [0.2, 0.25) is 19.6 Å². The molecule has 0 radical (unpaired) electrons. The van der Waals surface area contributed by atoms with Crippen molar-refractivity contribution < 1.29 is 4.74 Å². The monoisotopic (exact) mass is 208 g/mol. The molecule has 0 spiro atoms. The lowest BCUT2D eigenvalue weighted by atomic mass is 9.92. The van der Waals surface area contributed by atoms with Crippen LogP contribution in [0, 0.1) is 5.92 Å². The van der Waals surface area contributed by atoms with Crippen LogP contribution in [0.25, 0.3) is 0 Å². The third-order valence-corrected chi connectivity index (χ3v) is 5.55. The van der Waals surface area contributed by atoms with Gasteiger partial charge in [0.25, 0.3) is 0 Å². The zero-order chi connectivity index (χ0) is 10.3. The Bertz CT molecular complexity index is 307. The zero-order valence-electron chi connectivity index (χ0n) is 9.68. The Kier molecular flexibility index (Phi) is 2.44. The van der Waals surface area contributed by atoms with Gasteiger partial charge in [0, 0.05) is 5.92 Å². The fourth-order valence-corrected chi connectivity index (χ4v) is 4.53. The third-order valence-electron chi connectivity index (χ3n) is 3.24. The molecule has 78 valence electrons. The Labute approximate surface area is 87.9 Å². The predicted molar refractivity (Wildman–Crippen MR) is 63.1 cm³/mol. The van der Waals surface area contributed by atoms with E-state index in [1.807, 2.05) is 0 Å². The van der Waals surface area contributed by atoms with Gasteiger partial charge in [-0.25, -0.2) is 0 Å². The van der Waals surface area contributed by atoms with Crippen LogP contribution < -0.4 is 0 Å². The fraction of sp³-hybridized carbons (Fsp3) is 0.667. The highest BCUT2D eigenvalue weighted by Gasteiger charge is 2.32. The molecule has 0 unspecified atom stereocenters. The molecule has 0 N–H and O–H groups in total. The molecule has 0 aromatic rings. The van der Waals surface area contributed by atoms with E-state index in [0.29, 0.717) is 5.92 Å². The molecular formula is C12H20OSi. The van der Waals surface area contributed by atoms with Crippen LogP contribution in [-0.4, -0.2) is 21.3 Å². The summed E-state index contributed by atoms with van der Waals surface area (Å²) in [6, 6.07) is 0. The highest BCUT2D eigenvalue weighted by Crippen LogP contribution is 2.37. The molecule has 2 aliphatic rings. The van der Waals surface area contributed by atoms with Crippen LogP contribution in [0.3, 0.4) is 0 Å². The van der Waals surface area contributed by atoms with Crippen molar-refractivity contribution in [1.29, 1.82) is 0 Å². The summed E-state index contributed by atoms with van der Waals surface area (Å²) in [6.45, 7) is 11.4. The van der Waals surface area contributed by atoms with Gasteiger partial charge in [-0.1, -0.05) is 36.5 Å². The number of ether oxygens (including phenoxy) is 1. The summed E-state index contributed by atoms with van der Waals surface area (Å²) in [7, 11) is -1.13. The van der Waals surface area contributed by atoms with Gasteiger partial charge in [-0.3, -0.25) is 0 Å². The Morgan fingerprint density at radius 3 is 2.71 bits per heavy atom. The second-order valence-corrected chi connectivity index (χ2v) is 10.7. The summed E-state index contributed by atoms with van der Waals surface area (Å²) in [6.07, 6.45) is 3.62. The van der Waals surface area contributed by atoms with Crippen LogP contribution in [0.4, 0.5) is 0 Å². The zero-order valence-corrected chi connectivity index (χ0v) is 10.7. The lowest BCUT2D eigenvalue weighted by molar-refractivity contribution is 0.195. The minimum absolute atomic E-state index is 0.616. The van der Waals surface area contributed by atoms with Crippen molar-refractivity contribution >= 4 is 8.07 Å². The smallest absolute Gasteiger partial charge is 0.0729 e. The molecule has 14 heavy (non-hydrogen) atoms. The van der Waals surface area contributed by atoms with Crippen molar-refractivity contribution in [2.75, 3.05) is 13.2 Å². The summed E-state index contributed by atoms with van der Waals surface area (Å²) < 4.78 is 5.58. The fourth-order valence-electron chi connectivity index (χ4n) is 2.50. The molecule has 2 heteroatoms. The van der Waals surface area contributed by atoms with Gasteiger partial charge in [-0.15, -0.1) is 0 Å².